The number of fused-ring (bicyclic) bond motifs is 1. The van der Waals surface area contributed by atoms with Gasteiger partial charge in [-0.05, 0) is 24.1 Å². The normalized spacial score (nSPS) is 18.2. The average Bonchev–Trinajstić information content (AvgIpc) is 2.90. The average molecular weight is 256 g/mol. The van der Waals surface area contributed by atoms with Crippen molar-refractivity contribution in [3.63, 3.8) is 0 Å². The molecule has 1 amide bonds. The fourth-order valence-corrected chi connectivity index (χ4v) is 2.48. The third-order valence-electron chi connectivity index (χ3n) is 3.34. The zero-order chi connectivity index (χ0) is 13.2. The van der Waals surface area contributed by atoms with Gasteiger partial charge in [-0.1, -0.05) is 18.2 Å². The van der Waals surface area contributed by atoms with E-state index in [2.05, 4.69) is 5.10 Å². The van der Waals surface area contributed by atoms with E-state index in [1.807, 2.05) is 30.3 Å². The van der Waals surface area contributed by atoms with Gasteiger partial charge in [0.05, 0.1) is 0 Å². The lowest BCUT2D eigenvalue weighted by molar-refractivity contribution is -0.119. The second-order valence-electron chi connectivity index (χ2n) is 4.80. The van der Waals surface area contributed by atoms with E-state index in [1.54, 1.807) is 22.0 Å². The van der Waals surface area contributed by atoms with Crippen molar-refractivity contribution >= 4 is 11.6 Å². The van der Waals surface area contributed by atoms with E-state index in [-0.39, 0.29) is 18.5 Å². The third kappa shape index (κ3) is 2.37. The standard InChI is InChI=1S/C14H16N4O/c15-12-8-11-4-1-2-5-13(11)18(9-12)14(19)10-17-7-3-6-16-17/h1-7,12H,8-10,15H2. The van der Waals surface area contributed by atoms with E-state index in [1.165, 1.54) is 0 Å². The summed E-state index contributed by atoms with van der Waals surface area (Å²) in [6.07, 6.45) is 4.28. The predicted octanol–water partition coefficient (Wildman–Crippen LogP) is 0.800. The summed E-state index contributed by atoms with van der Waals surface area (Å²) < 4.78 is 1.63. The van der Waals surface area contributed by atoms with Crippen molar-refractivity contribution in [2.45, 2.75) is 19.0 Å². The Labute approximate surface area is 111 Å². The van der Waals surface area contributed by atoms with Crippen LogP contribution < -0.4 is 10.6 Å². The topological polar surface area (TPSA) is 64.2 Å². The quantitative estimate of drug-likeness (QED) is 0.864. The smallest absolute Gasteiger partial charge is 0.248 e. The lowest BCUT2D eigenvalue weighted by Crippen LogP contribution is -2.47. The maximum absolute atomic E-state index is 12.4. The summed E-state index contributed by atoms with van der Waals surface area (Å²) in [6, 6.07) is 9.74. The maximum Gasteiger partial charge on any atom is 0.248 e. The molecule has 0 saturated carbocycles. The Balaban J connectivity index is 1.86. The lowest BCUT2D eigenvalue weighted by Gasteiger charge is -2.33. The number of hydrogen-bond acceptors (Lipinski definition) is 3. The fourth-order valence-electron chi connectivity index (χ4n) is 2.48. The zero-order valence-corrected chi connectivity index (χ0v) is 10.6. The van der Waals surface area contributed by atoms with Crippen molar-refractivity contribution in [1.29, 1.82) is 0 Å². The Bertz CT molecular complexity index is 579. The van der Waals surface area contributed by atoms with Gasteiger partial charge in [0.15, 0.2) is 0 Å². The molecular formula is C14H16N4O. The summed E-state index contributed by atoms with van der Waals surface area (Å²) in [4.78, 5) is 14.2. The van der Waals surface area contributed by atoms with Gasteiger partial charge < -0.3 is 10.6 Å². The number of nitrogens with two attached hydrogens (primary N) is 1. The minimum Gasteiger partial charge on any atom is -0.326 e. The Morgan fingerprint density at radius 2 is 2.21 bits per heavy atom. The van der Waals surface area contributed by atoms with E-state index in [4.69, 9.17) is 5.73 Å². The number of carbonyl (C=O) groups excluding carboxylic acids is 1. The Hall–Kier alpha value is -2.14. The number of para-hydroxylation sites is 1. The molecule has 2 heterocycles. The molecule has 98 valence electrons. The number of aromatic nitrogens is 2. The van der Waals surface area contributed by atoms with E-state index >= 15 is 0 Å². The molecule has 0 spiro atoms. The van der Waals surface area contributed by atoms with Gasteiger partial charge in [-0.15, -0.1) is 0 Å². The Morgan fingerprint density at radius 1 is 1.37 bits per heavy atom. The van der Waals surface area contributed by atoms with Crippen LogP contribution in [0.25, 0.3) is 0 Å². The van der Waals surface area contributed by atoms with Crippen molar-refractivity contribution in [2.24, 2.45) is 5.73 Å². The molecule has 2 N–H and O–H groups in total. The molecule has 0 saturated heterocycles. The van der Waals surface area contributed by atoms with Crippen LogP contribution in [0.1, 0.15) is 5.56 Å². The first-order chi connectivity index (χ1) is 9.24. The molecule has 1 unspecified atom stereocenters. The van der Waals surface area contributed by atoms with Gasteiger partial charge in [0, 0.05) is 30.7 Å². The van der Waals surface area contributed by atoms with E-state index in [0.717, 1.165) is 17.7 Å². The summed E-state index contributed by atoms with van der Waals surface area (Å²) >= 11 is 0. The molecule has 5 nitrogen and oxygen atoms in total. The molecule has 1 aromatic heterocycles. The molecule has 3 rings (SSSR count). The molecule has 0 radical (unpaired) electrons. The van der Waals surface area contributed by atoms with Crippen molar-refractivity contribution in [1.82, 2.24) is 9.78 Å². The first-order valence-corrected chi connectivity index (χ1v) is 6.35. The van der Waals surface area contributed by atoms with Crippen molar-refractivity contribution in [3.8, 4) is 0 Å². The number of anilines is 1. The first-order valence-electron chi connectivity index (χ1n) is 6.35. The molecule has 1 aliphatic rings. The number of hydrogen-bond donors (Lipinski definition) is 1. The number of carbonyl (C=O) groups is 1. The van der Waals surface area contributed by atoms with Crippen LogP contribution in [0.15, 0.2) is 42.7 Å². The molecular weight excluding hydrogens is 240 g/mol. The highest BCUT2D eigenvalue weighted by Crippen LogP contribution is 2.26. The lowest BCUT2D eigenvalue weighted by atomic mass is 9.98. The van der Waals surface area contributed by atoms with Gasteiger partial charge in [-0.25, -0.2) is 0 Å². The van der Waals surface area contributed by atoms with Gasteiger partial charge in [0.1, 0.15) is 6.54 Å². The SMILES string of the molecule is NC1Cc2ccccc2N(C(=O)Cn2cccn2)C1. The largest absolute Gasteiger partial charge is 0.326 e. The Kier molecular flexibility index (Phi) is 3.05. The number of amides is 1. The minimum absolute atomic E-state index is 0.00327. The fraction of sp³-hybridized carbons (Fsp3) is 0.286. The zero-order valence-electron chi connectivity index (χ0n) is 10.6. The molecule has 2 aromatic rings. The number of nitrogens with zero attached hydrogens (tertiary/aromatic N) is 3. The molecule has 0 fully saturated rings. The van der Waals surface area contributed by atoms with E-state index in [9.17, 15) is 4.79 Å². The Morgan fingerprint density at radius 3 is 3.00 bits per heavy atom. The summed E-state index contributed by atoms with van der Waals surface area (Å²) in [5, 5.41) is 4.06. The minimum atomic E-state index is -0.00327. The van der Waals surface area contributed by atoms with Crippen LogP contribution >= 0.6 is 0 Å². The highest BCUT2D eigenvalue weighted by atomic mass is 16.2. The van der Waals surface area contributed by atoms with Crippen LogP contribution in [-0.4, -0.2) is 28.3 Å². The third-order valence-corrected chi connectivity index (χ3v) is 3.34. The van der Waals surface area contributed by atoms with Crippen molar-refractivity contribution in [2.75, 3.05) is 11.4 Å². The van der Waals surface area contributed by atoms with Crippen LogP contribution in [0.5, 0.6) is 0 Å². The van der Waals surface area contributed by atoms with E-state index < -0.39 is 0 Å². The van der Waals surface area contributed by atoms with E-state index in [0.29, 0.717) is 6.54 Å². The summed E-state index contributed by atoms with van der Waals surface area (Å²) in [6.45, 7) is 0.811. The van der Waals surface area contributed by atoms with Gasteiger partial charge in [0.2, 0.25) is 5.91 Å². The highest BCUT2D eigenvalue weighted by Gasteiger charge is 2.26. The van der Waals surface area contributed by atoms with Crippen molar-refractivity contribution in [3.05, 3.63) is 48.3 Å². The predicted molar refractivity (Wildman–Crippen MR) is 72.7 cm³/mol. The molecule has 0 bridgehead atoms. The van der Waals surface area contributed by atoms with Crippen LogP contribution in [0.4, 0.5) is 5.69 Å². The maximum atomic E-state index is 12.4. The van der Waals surface area contributed by atoms with Crippen LogP contribution in [0, 0.1) is 0 Å². The van der Waals surface area contributed by atoms with Gasteiger partial charge in [-0.2, -0.15) is 5.10 Å². The molecule has 1 atom stereocenters. The number of rotatable bonds is 2. The van der Waals surface area contributed by atoms with Gasteiger partial charge >= 0.3 is 0 Å². The summed E-state index contributed by atoms with van der Waals surface area (Å²) in [5.74, 6) is 0.0197. The monoisotopic (exact) mass is 256 g/mol. The summed E-state index contributed by atoms with van der Waals surface area (Å²) in [5.41, 5.74) is 8.14. The highest BCUT2D eigenvalue weighted by molar-refractivity contribution is 5.94. The van der Waals surface area contributed by atoms with Crippen LogP contribution in [0.3, 0.4) is 0 Å². The molecule has 0 aliphatic carbocycles. The second kappa shape index (κ2) is 4.85. The van der Waals surface area contributed by atoms with Crippen LogP contribution in [0.2, 0.25) is 0 Å². The number of benzene rings is 1. The van der Waals surface area contributed by atoms with Crippen LogP contribution in [-0.2, 0) is 17.8 Å². The molecule has 1 aliphatic heterocycles. The van der Waals surface area contributed by atoms with Crippen molar-refractivity contribution < 1.29 is 4.79 Å². The molecule has 5 heteroatoms. The van der Waals surface area contributed by atoms with Gasteiger partial charge in [0.25, 0.3) is 0 Å². The van der Waals surface area contributed by atoms with Gasteiger partial charge in [-0.3, -0.25) is 9.48 Å². The second-order valence-corrected chi connectivity index (χ2v) is 4.80. The first kappa shape index (κ1) is 11.9. The molecule has 1 aromatic carbocycles. The summed E-state index contributed by atoms with van der Waals surface area (Å²) in [7, 11) is 0. The molecule has 19 heavy (non-hydrogen) atoms.